The molecule has 0 unspecified atom stereocenters. The molecule has 6 aromatic rings. The summed E-state index contributed by atoms with van der Waals surface area (Å²) in [5.41, 5.74) is 8.12. The van der Waals surface area contributed by atoms with Gasteiger partial charge in [-0.2, -0.15) is 10.4 Å². The second-order valence-corrected chi connectivity index (χ2v) is 8.71. The molecule has 0 amide bonds. The first kappa shape index (κ1) is 23.6. The van der Waals surface area contributed by atoms with Crippen molar-refractivity contribution in [2.75, 3.05) is 5.73 Å². The number of fused-ring (bicyclic) bond motifs is 1. The third-order valence-corrected chi connectivity index (χ3v) is 6.34. The van der Waals surface area contributed by atoms with Gasteiger partial charge in [-0.1, -0.05) is 30.3 Å². The maximum absolute atomic E-state index is 13.7. The van der Waals surface area contributed by atoms with Crippen LogP contribution < -0.4 is 11.4 Å². The van der Waals surface area contributed by atoms with Gasteiger partial charge >= 0.3 is 5.63 Å². The molecule has 9 heteroatoms. The number of nitrogens with two attached hydrogens (primary N) is 1. The number of aromatic nitrogens is 3. The molecular weight excluding hydrogens is 497 g/mol. The van der Waals surface area contributed by atoms with Gasteiger partial charge in [-0.25, -0.2) is 18.9 Å². The number of nitrogens with zero attached hydrogens (tertiary/aromatic N) is 4. The van der Waals surface area contributed by atoms with Crippen LogP contribution in [0.25, 0.3) is 50.3 Å². The highest BCUT2D eigenvalue weighted by atomic mass is 19.1. The predicted molar refractivity (Wildman–Crippen MR) is 144 cm³/mol. The van der Waals surface area contributed by atoms with Gasteiger partial charge in [0.15, 0.2) is 0 Å². The number of pyridine rings is 1. The molecule has 39 heavy (non-hydrogen) atoms. The standard InChI is InChI=1S/C30H18FN5O3/c31-18-12-10-17(11-13-18)27-23(16-36(35-27)19-6-2-1-3-7-19)21-14-24(34-29(33)22(21)15-32)26-28(37)20-8-4-5-9-25(20)39-30(26)38/h1-14,16,37H,(H2,33,34). The summed E-state index contributed by atoms with van der Waals surface area (Å²) >= 11 is 0. The van der Waals surface area contributed by atoms with Gasteiger partial charge < -0.3 is 15.3 Å². The van der Waals surface area contributed by atoms with Crippen molar-refractivity contribution >= 4 is 16.8 Å². The topological polar surface area (TPSA) is 131 Å². The highest BCUT2D eigenvalue weighted by Gasteiger charge is 2.24. The lowest BCUT2D eigenvalue weighted by molar-refractivity contribution is 0.471. The highest BCUT2D eigenvalue weighted by Crippen LogP contribution is 2.39. The summed E-state index contributed by atoms with van der Waals surface area (Å²) in [7, 11) is 0. The molecule has 0 atom stereocenters. The van der Waals surface area contributed by atoms with E-state index in [1.807, 2.05) is 30.3 Å². The zero-order chi connectivity index (χ0) is 27.1. The van der Waals surface area contributed by atoms with E-state index in [1.54, 1.807) is 47.3 Å². The van der Waals surface area contributed by atoms with Crippen molar-refractivity contribution in [1.29, 1.82) is 5.26 Å². The Kier molecular flexibility index (Phi) is 5.63. The Bertz CT molecular complexity index is 1970. The van der Waals surface area contributed by atoms with Crippen molar-refractivity contribution in [1.82, 2.24) is 14.8 Å². The van der Waals surface area contributed by atoms with Crippen LogP contribution in [0.15, 0.2) is 100 Å². The number of halogens is 1. The fourth-order valence-electron chi connectivity index (χ4n) is 4.49. The third-order valence-electron chi connectivity index (χ3n) is 6.34. The van der Waals surface area contributed by atoms with Crippen molar-refractivity contribution in [2.24, 2.45) is 0 Å². The van der Waals surface area contributed by atoms with Crippen LogP contribution in [0.4, 0.5) is 10.2 Å². The lowest BCUT2D eigenvalue weighted by Crippen LogP contribution is -2.07. The monoisotopic (exact) mass is 515 g/mol. The zero-order valence-corrected chi connectivity index (χ0v) is 20.2. The number of nitriles is 1. The molecule has 0 aliphatic heterocycles. The first-order valence-corrected chi connectivity index (χ1v) is 11.8. The van der Waals surface area contributed by atoms with Gasteiger partial charge in [-0.3, -0.25) is 0 Å². The van der Waals surface area contributed by atoms with Gasteiger partial charge in [-0.15, -0.1) is 0 Å². The summed E-state index contributed by atoms with van der Waals surface area (Å²) < 4.78 is 20.8. The lowest BCUT2D eigenvalue weighted by Gasteiger charge is -2.11. The van der Waals surface area contributed by atoms with Crippen LogP contribution in [0.2, 0.25) is 0 Å². The largest absolute Gasteiger partial charge is 0.506 e. The van der Waals surface area contributed by atoms with E-state index in [9.17, 15) is 19.6 Å². The number of nitrogen functional groups attached to an aromatic ring is 1. The van der Waals surface area contributed by atoms with Crippen LogP contribution in [-0.2, 0) is 0 Å². The molecule has 0 aliphatic carbocycles. The van der Waals surface area contributed by atoms with Crippen molar-refractivity contribution in [3.8, 4) is 51.1 Å². The van der Waals surface area contributed by atoms with E-state index in [-0.39, 0.29) is 34.0 Å². The molecule has 0 spiro atoms. The normalized spacial score (nSPS) is 11.0. The van der Waals surface area contributed by atoms with E-state index in [1.165, 1.54) is 18.2 Å². The Morgan fingerprint density at radius 3 is 2.44 bits per heavy atom. The quantitative estimate of drug-likeness (QED) is 0.289. The van der Waals surface area contributed by atoms with E-state index in [0.717, 1.165) is 5.69 Å². The van der Waals surface area contributed by atoms with Crippen LogP contribution in [0.5, 0.6) is 5.75 Å². The third kappa shape index (κ3) is 4.06. The molecule has 6 rings (SSSR count). The number of hydrogen-bond acceptors (Lipinski definition) is 7. The predicted octanol–water partition coefficient (Wildman–Crippen LogP) is 5.67. The van der Waals surface area contributed by atoms with Gasteiger partial charge in [0.1, 0.15) is 45.9 Å². The molecule has 0 fully saturated rings. The molecule has 0 aliphatic rings. The minimum Gasteiger partial charge on any atom is -0.506 e. The van der Waals surface area contributed by atoms with Gasteiger partial charge in [0.25, 0.3) is 0 Å². The van der Waals surface area contributed by atoms with E-state index in [2.05, 4.69) is 11.1 Å². The summed E-state index contributed by atoms with van der Waals surface area (Å²) in [4.78, 5) is 17.2. The molecule has 0 radical (unpaired) electrons. The Hall–Kier alpha value is -5.75. The number of anilines is 1. The number of hydrogen-bond donors (Lipinski definition) is 2. The molecule has 188 valence electrons. The molecule has 3 heterocycles. The van der Waals surface area contributed by atoms with Crippen molar-refractivity contribution in [3.05, 3.63) is 113 Å². The van der Waals surface area contributed by atoms with Crippen LogP contribution >= 0.6 is 0 Å². The minimum atomic E-state index is -0.813. The van der Waals surface area contributed by atoms with Gasteiger partial charge in [-0.05, 0) is 54.6 Å². The average molecular weight is 516 g/mol. The second kappa shape index (κ2) is 9.28. The Morgan fingerprint density at radius 1 is 0.974 bits per heavy atom. The van der Waals surface area contributed by atoms with E-state index in [4.69, 9.17) is 15.2 Å². The Morgan fingerprint density at radius 2 is 1.69 bits per heavy atom. The number of rotatable bonds is 4. The first-order valence-electron chi connectivity index (χ1n) is 11.8. The van der Waals surface area contributed by atoms with Crippen molar-refractivity contribution < 1.29 is 13.9 Å². The fourth-order valence-corrected chi connectivity index (χ4v) is 4.49. The lowest BCUT2D eigenvalue weighted by atomic mass is 9.96. The first-order chi connectivity index (χ1) is 18.9. The van der Waals surface area contributed by atoms with E-state index in [0.29, 0.717) is 27.8 Å². The fraction of sp³-hybridized carbons (Fsp3) is 0. The summed E-state index contributed by atoms with van der Waals surface area (Å²) in [6, 6.07) is 25.3. The van der Waals surface area contributed by atoms with Gasteiger partial charge in [0, 0.05) is 22.9 Å². The zero-order valence-electron chi connectivity index (χ0n) is 20.2. The molecule has 3 N–H and O–H groups in total. The molecule has 0 saturated carbocycles. The molecule has 0 bridgehead atoms. The van der Waals surface area contributed by atoms with Crippen LogP contribution in [0.1, 0.15) is 5.56 Å². The van der Waals surface area contributed by atoms with Crippen LogP contribution in [-0.4, -0.2) is 19.9 Å². The maximum Gasteiger partial charge on any atom is 0.349 e. The van der Waals surface area contributed by atoms with Gasteiger partial charge in [0.05, 0.1) is 16.8 Å². The Balaban J connectivity index is 1.64. The second-order valence-electron chi connectivity index (χ2n) is 8.71. The molecule has 3 aromatic carbocycles. The number of benzene rings is 3. The van der Waals surface area contributed by atoms with Crippen molar-refractivity contribution in [2.45, 2.75) is 0 Å². The Labute approximate surface area is 220 Å². The minimum absolute atomic E-state index is 0.0241. The van der Waals surface area contributed by atoms with Gasteiger partial charge in [0.2, 0.25) is 0 Å². The summed E-state index contributed by atoms with van der Waals surface area (Å²) in [5, 5.41) is 26.1. The number of aromatic hydroxyl groups is 1. The molecular formula is C30H18FN5O3. The summed E-state index contributed by atoms with van der Waals surface area (Å²) in [6.07, 6.45) is 1.72. The molecule has 0 saturated heterocycles. The van der Waals surface area contributed by atoms with E-state index < -0.39 is 11.4 Å². The summed E-state index contributed by atoms with van der Waals surface area (Å²) in [5.74, 6) is -0.868. The molecule has 3 aromatic heterocycles. The smallest absolute Gasteiger partial charge is 0.349 e. The number of para-hydroxylation sites is 2. The van der Waals surface area contributed by atoms with Crippen LogP contribution in [0, 0.1) is 17.1 Å². The van der Waals surface area contributed by atoms with Crippen molar-refractivity contribution in [3.63, 3.8) is 0 Å². The SMILES string of the molecule is N#Cc1c(-c2cn(-c3ccccc3)nc2-c2ccc(F)cc2)cc(-c2c(O)c3ccccc3oc2=O)nc1N. The molecule has 8 nitrogen and oxygen atoms in total. The maximum atomic E-state index is 13.7. The van der Waals surface area contributed by atoms with Crippen LogP contribution in [0.3, 0.4) is 0 Å². The van der Waals surface area contributed by atoms with E-state index >= 15 is 0 Å². The summed E-state index contributed by atoms with van der Waals surface area (Å²) in [6.45, 7) is 0. The average Bonchev–Trinajstić information content (AvgIpc) is 3.39. The highest BCUT2D eigenvalue weighted by molar-refractivity contribution is 5.92.